The van der Waals surface area contributed by atoms with E-state index in [1.807, 2.05) is 0 Å². The van der Waals surface area contributed by atoms with E-state index in [9.17, 15) is 12.6 Å². The van der Waals surface area contributed by atoms with Gasteiger partial charge in [0.25, 0.3) is 10.0 Å². The molecule has 0 aromatic carbocycles. The minimum absolute atomic E-state index is 0.0345. The molecular formula is C8H15N3O3S2. The zero-order valence-corrected chi connectivity index (χ0v) is 10.8. The van der Waals surface area contributed by atoms with Crippen molar-refractivity contribution < 1.29 is 12.6 Å². The molecule has 6 nitrogen and oxygen atoms in total. The Hall–Kier alpha value is -0.730. The van der Waals surface area contributed by atoms with Crippen molar-refractivity contribution in [3.05, 3.63) is 12.0 Å². The van der Waals surface area contributed by atoms with E-state index in [4.69, 9.17) is 0 Å². The van der Waals surface area contributed by atoms with Crippen LogP contribution >= 0.6 is 0 Å². The lowest BCUT2D eigenvalue weighted by Crippen LogP contribution is -2.28. The summed E-state index contributed by atoms with van der Waals surface area (Å²) in [6, 6.07) is 0. The maximum absolute atomic E-state index is 11.6. The van der Waals surface area contributed by atoms with E-state index in [1.54, 1.807) is 13.8 Å². The highest BCUT2D eigenvalue weighted by molar-refractivity contribution is 7.89. The number of hydrogen-bond acceptors (Lipinski definition) is 4. The molecule has 0 radical (unpaired) electrons. The van der Waals surface area contributed by atoms with Crippen molar-refractivity contribution in [1.29, 1.82) is 0 Å². The molecule has 0 amide bonds. The fraction of sp³-hybridized carbons (Fsp3) is 0.625. The quantitative estimate of drug-likeness (QED) is 0.743. The number of rotatable bonds is 6. The summed E-state index contributed by atoms with van der Waals surface area (Å²) in [6.07, 6.45) is 1.26. The Bertz CT molecular complexity index is 467. The first-order chi connectivity index (χ1) is 7.45. The van der Waals surface area contributed by atoms with Crippen molar-refractivity contribution in [2.75, 3.05) is 18.1 Å². The van der Waals surface area contributed by atoms with Crippen molar-refractivity contribution in [2.24, 2.45) is 0 Å². The lowest BCUT2D eigenvalue weighted by atomic mass is 10.8. The van der Waals surface area contributed by atoms with Crippen LogP contribution in [0, 0.1) is 6.92 Å². The molecule has 1 heterocycles. The Morgan fingerprint density at radius 3 is 2.75 bits per heavy atom. The molecule has 1 atom stereocenters. The summed E-state index contributed by atoms with van der Waals surface area (Å²) >= 11 is 0. The van der Waals surface area contributed by atoms with Gasteiger partial charge in [-0.1, -0.05) is 6.92 Å². The molecule has 16 heavy (non-hydrogen) atoms. The highest BCUT2D eigenvalue weighted by Crippen LogP contribution is 2.03. The number of aromatic nitrogens is 2. The van der Waals surface area contributed by atoms with Gasteiger partial charge in [-0.05, 0) is 6.92 Å². The van der Waals surface area contributed by atoms with Gasteiger partial charge in [0.1, 0.15) is 5.82 Å². The lowest BCUT2D eigenvalue weighted by molar-refractivity contribution is 0.580. The molecule has 0 aliphatic carbocycles. The van der Waals surface area contributed by atoms with Gasteiger partial charge in [-0.2, -0.15) is 0 Å². The van der Waals surface area contributed by atoms with Gasteiger partial charge in [0.15, 0.2) is 5.03 Å². The van der Waals surface area contributed by atoms with Crippen molar-refractivity contribution in [2.45, 2.75) is 18.9 Å². The van der Waals surface area contributed by atoms with E-state index in [1.165, 1.54) is 6.20 Å². The standard InChI is InChI=1S/C8H15N3O3S2/c1-3-15(12)5-4-10-16(13,14)8-6-9-7(2)11-8/h6,10H,3-5H2,1-2H3,(H,9,11). The second kappa shape index (κ2) is 5.55. The SMILES string of the molecule is CCS(=O)CCNS(=O)(=O)c1cnc(C)[nH]1. The van der Waals surface area contributed by atoms with Gasteiger partial charge in [-0.15, -0.1) is 0 Å². The van der Waals surface area contributed by atoms with Gasteiger partial charge in [0.2, 0.25) is 0 Å². The van der Waals surface area contributed by atoms with Crippen LogP contribution in [0.3, 0.4) is 0 Å². The molecule has 1 aromatic rings. The second-order valence-corrected chi connectivity index (χ2v) is 6.76. The van der Waals surface area contributed by atoms with E-state index < -0.39 is 20.8 Å². The molecule has 1 rings (SSSR count). The van der Waals surface area contributed by atoms with Gasteiger partial charge in [0.05, 0.1) is 6.20 Å². The van der Waals surface area contributed by atoms with Crippen molar-refractivity contribution in [1.82, 2.24) is 14.7 Å². The number of nitrogens with one attached hydrogen (secondary N) is 2. The third-order valence-corrected chi connectivity index (χ3v) is 4.59. The summed E-state index contributed by atoms with van der Waals surface area (Å²) in [5.41, 5.74) is 0. The molecule has 8 heteroatoms. The van der Waals surface area contributed by atoms with Crippen LogP contribution in [0.1, 0.15) is 12.7 Å². The second-order valence-electron chi connectivity index (χ2n) is 3.16. The van der Waals surface area contributed by atoms with Crippen LogP contribution in [-0.2, 0) is 20.8 Å². The van der Waals surface area contributed by atoms with E-state index in [0.717, 1.165) is 0 Å². The van der Waals surface area contributed by atoms with Crippen molar-refractivity contribution in [3.8, 4) is 0 Å². The van der Waals surface area contributed by atoms with E-state index >= 15 is 0 Å². The maximum atomic E-state index is 11.6. The number of sulfonamides is 1. The lowest BCUT2D eigenvalue weighted by Gasteiger charge is -2.03. The summed E-state index contributed by atoms with van der Waals surface area (Å²) in [5.74, 6) is 1.39. The Kier molecular flexibility index (Phi) is 4.63. The first-order valence-electron chi connectivity index (χ1n) is 4.82. The predicted molar refractivity (Wildman–Crippen MR) is 62.1 cm³/mol. The Balaban J connectivity index is 2.56. The first-order valence-corrected chi connectivity index (χ1v) is 7.79. The molecule has 0 saturated carbocycles. The molecule has 0 spiro atoms. The molecule has 0 bridgehead atoms. The summed E-state index contributed by atoms with van der Waals surface area (Å²) in [5, 5.41) is 0.0345. The summed E-state index contributed by atoms with van der Waals surface area (Å²) in [6.45, 7) is 3.63. The van der Waals surface area contributed by atoms with Gasteiger partial charge in [0, 0.05) is 28.9 Å². The maximum Gasteiger partial charge on any atom is 0.257 e. The molecule has 92 valence electrons. The summed E-state index contributed by atoms with van der Waals surface area (Å²) in [4.78, 5) is 6.44. The zero-order chi connectivity index (χ0) is 12.2. The predicted octanol–water partition coefficient (Wildman–Crippen LogP) is -0.235. The monoisotopic (exact) mass is 265 g/mol. The number of H-pyrrole nitrogens is 1. The van der Waals surface area contributed by atoms with Crippen LogP contribution in [0.4, 0.5) is 0 Å². The van der Waals surface area contributed by atoms with Crippen molar-refractivity contribution >= 4 is 20.8 Å². The number of imidazole rings is 1. The zero-order valence-electron chi connectivity index (χ0n) is 9.19. The largest absolute Gasteiger partial charge is 0.332 e. The molecule has 0 aliphatic rings. The number of aromatic amines is 1. The number of aryl methyl sites for hydroxylation is 1. The fourth-order valence-corrected chi connectivity index (χ4v) is 2.79. The normalized spacial score (nSPS) is 13.9. The Morgan fingerprint density at radius 2 is 2.25 bits per heavy atom. The third kappa shape index (κ3) is 3.69. The van der Waals surface area contributed by atoms with Crippen LogP contribution in [0.15, 0.2) is 11.2 Å². The topological polar surface area (TPSA) is 91.9 Å². The molecule has 0 saturated heterocycles. The fourth-order valence-electron chi connectivity index (χ4n) is 1.05. The summed E-state index contributed by atoms with van der Waals surface area (Å²) < 4.78 is 36.7. The highest BCUT2D eigenvalue weighted by atomic mass is 32.2. The van der Waals surface area contributed by atoms with Crippen LogP contribution in [0.2, 0.25) is 0 Å². The van der Waals surface area contributed by atoms with Gasteiger partial charge in [-0.3, -0.25) is 4.21 Å². The van der Waals surface area contributed by atoms with E-state index in [2.05, 4.69) is 14.7 Å². The molecular weight excluding hydrogens is 250 g/mol. The third-order valence-electron chi connectivity index (χ3n) is 1.91. The first kappa shape index (κ1) is 13.3. The summed E-state index contributed by atoms with van der Waals surface area (Å²) in [7, 11) is -4.51. The molecule has 1 unspecified atom stereocenters. The van der Waals surface area contributed by atoms with Gasteiger partial charge in [-0.25, -0.2) is 18.1 Å². The molecule has 1 aromatic heterocycles. The van der Waals surface area contributed by atoms with Crippen molar-refractivity contribution in [3.63, 3.8) is 0 Å². The average molecular weight is 265 g/mol. The number of hydrogen-bond donors (Lipinski definition) is 2. The minimum atomic E-state index is -3.55. The highest BCUT2D eigenvalue weighted by Gasteiger charge is 2.15. The minimum Gasteiger partial charge on any atom is -0.332 e. The molecule has 2 N–H and O–H groups in total. The van der Waals surface area contributed by atoms with Gasteiger partial charge >= 0.3 is 0 Å². The van der Waals surface area contributed by atoms with Crippen LogP contribution in [0.25, 0.3) is 0 Å². The average Bonchev–Trinajstić information content (AvgIpc) is 2.65. The van der Waals surface area contributed by atoms with E-state index in [-0.39, 0.29) is 11.6 Å². The molecule has 0 fully saturated rings. The Morgan fingerprint density at radius 1 is 1.56 bits per heavy atom. The van der Waals surface area contributed by atoms with Crippen LogP contribution < -0.4 is 4.72 Å². The smallest absolute Gasteiger partial charge is 0.257 e. The number of nitrogens with zero attached hydrogens (tertiary/aromatic N) is 1. The molecule has 0 aliphatic heterocycles. The van der Waals surface area contributed by atoms with Gasteiger partial charge < -0.3 is 4.98 Å². The van der Waals surface area contributed by atoms with Crippen LogP contribution in [0.5, 0.6) is 0 Å². The Labute approximate surface area is 97.4 Å². The van der Waals surface area contributed by atoms with Crippen LogP contribution in [-0.4, -0.2) is 40.6 Å². The van der Waals surface area contributed by atoms with E-state index in [0.29, 0.717) is 17.3 Å².